The highest BCUT2D eigenvalue weighted by Crippen LogP contribution is 2.49. The van der Waals surface area contributed by atoms with Crippen LogP contribution in [0.15, 0.2) is 46.6 Å². The molecule has 0 atom stereocenters. The number of phenolic OH excluding ortho intramolecular Hbond substituents is 1. The summed E-state index contributed by atoms with van der Waals surface area (Å²) in [6.45, 7) is 9.92. The van der Waals surface area contributed by atoms with Crippen molar-refractivity contribution in [2.75, 3.05) is 21.3 Å². The van der Waals surface area contributed by atoms with Crippen molar-refractivity contribution < 1.29 is 29.2 Å². The molecule has 0 aliphatic carbocycles. The number of methoxy groups -OCH3 is 3. The van der Waals surface area contributed by atoms with Crippen molar-refractivity contribution in [1.82, 2.24) is 0 Å². The van der Waals surface area contributed by atoms with E-state index in [-0.39, 0.29) is 11.5 Å². The van der Waals surface area contributed by atoms with Gasteiger partial charge in [-0.1, -0.05) is 41.0 Å². The Bertz CT molecular complexity index is 980. The van der Waals surface area contributed by atoms with E-state index in [4.69, 9.17) is 19.3 Å². The number of hydrogen-bond acceptors (Lipinski definition) is 5. The quantitative estimate of drug-likeness (QED) is 0.192. The van der Waals surface area contributed by atoms with Crippen molar-refractivity contribution in [3.8, 4) is 23.0 Å². The molecule has 0 fully saturated rings. The predicted octanol–water partition coefficient (Wildman–Crippen LogP) is 7.48. The van der Waals surface area contributed by atoms with E-state index in [0.717, 1.165) is 49.7 Å². The van der Waals surface area contributed by atoms with E-state index in [2.05, 4.69) is 39.0 Å². The van der Waals surface area contributed by atoms with Gasteiger partial charge in [0.05, 0.1) is 21.3 Å². The molecule has 2 N–H and O–H groups in total. The first-order chi connectivity index (χ1) is 17.1. The van der Waals surface area contributed by atoms with Crippen LogP contribution in [0, 0.1) is 6.92 Å². The summed E-state index contributed by atoms with van der Waals surface area (Å²) in [6.07, 6.45) is 14.6. The van der Waals surface area contributed by atoms with Crippen molar-refractivity contribution >= 4 is 5.97 Å². The lowest BCUT2D eigenvalue weighted by atomic mass is 9.99. The maximum absolute atomic E-state index is 10.8. The highest BCUT2D eigenvalue weighted by atomic mass is 16.5. The van der Waals surface area contributed by atoms with Crippen LogP contribution in [0.2, 0.25) is 0 Å². The van der Waals surface area contributed by atoms with Crippen molar-refractivity contribution in [2.45, 2.75) is 79.6 Å². The Morgan fingerprint density at radius 1 is 0.722 bits per heavy atom. The molecule has 0 heterocycles. The smallest absolute Gasteiger partial charge is 0.330 e. The molecule has 0 aliphatic heterocycles. The van der Waals surface area contributed by atoms with Gasteiger partial charge in [-0.2, -0.15) is 0 Å². The molecule has 6 nitrogen and oxygen atoms in total. The van der Waals surface area contributed by atoms with Gasteiger partial charge in [0.15, 0.2) is 11.5 Å². The monoisotopic (exact) mass is 500 g/mol. The summed E-state index contributed by atoms with van der Waals surface area (Å²) >= 11 is 0. The average molecular weight is 501 g/mol. The maximum Gasteiger partial charge on any atom is 0.330 e. The summed E-state index contributed by atoms with van der Waals surface area (Å²) in [5.74, 6) is 0.495. The Kier molecular flexibility index (Phi) is 13.5. The van der Waals surface area contributed by atoms with Crippen molar-refractivity contribution in [3.05, 3.63) is 57.7 Å². The van der Waals surface area contributed by atoms with Gasteiger partial charge in [0.25, 0.3) is 0 Å². The molecular weight excluding hydrogens is 456 g/mol. The van der Waals surface area contributed by atoms with Gasteiger partial charge in [-0.05, 0) is 79.6 Å². The molecule has 0 saturated heterocycles. The van der Waals surface area contributed by atoms with E-state index in [1.807, 2.05) is 6.92 Å². The van der Waals surface area contributed by atoms with Crippen LogP contribution in [-0.2, 0) is 11.2 Å². The third-order valence-corrected chi connectivity index (χ3v) is 6.36. The molecule has 0 saturated carbocycles. The fourth-order valence-corrected chi connectivity index (χ4v) is 3.98. The molecular formula is C30H44O6. The van der Waals surface area contributed by atoms with Crippen molar-refractivity contribution in [3.63, 3.8) is 0 Å². The zero-order valence-electron chi connectivity index (χ0n) is 23.3. The van der Waals surface area contributed by atoms with Gasteiger partial charge in [-0.25, -0.2) is 4.79 Å². The number of ether oxygens (including phenoxy) is 3. The van der Waals surface area contributed by atoms with E-state index in [1.54, 1.807) is 20.1 Å². The number of aliphatic carboxylic acids is 1. The Hall–Kier alpha value is -3.15. The molecule has 0 aliphatic rings. The van der Waals surface area contributed by atoms with E-state index in [1.165, 1.54) is 30.9 Å². The second-order valence-electron chi connectivity index (χ2n) is 9.22. The molecule has 0 radical (unpaired) electrons. The minimum atomic E-state index is -0.850. The predicted molar refractivity (Wildman–Crippen MR) is 147 cm³/mol. The molecule has 0 amide bonds. The number of carboxylic acids is 1. The summed E-state index contributed by atoms with van der Waals surface area (Å²) in [5, 5.41) is 19.6. The Morgan fingerprint density at radius 3 is 1.61 bits per heavy atom. The Balaban J connectivity index is 2.64. The fourth-order valence-electron chi connectivity index (χ4n) is 3.98. The average Bonchev–Trinajstić information content (AvgIpc) is 2.83. The molecule has 36 heavy (non-hydrogen) atoms. The van der Waals surface area contributed by atoms with Gasteiger partial charge in [-0.15, -0.1) is 0 Å². The second kappa shape index (κ2) is 15.8. The molecule has 0 bridgehead atoms. The van der Waals surface area contributed by atoms with Gasteiger partial charge in [0.2, 0.25) is 11.5 Å². The third-order valence-electron chi connectivity index (χ3n) is 6.36. The second-order valence-corrected chi connectivity index (χ2v) is 9.22. The van der Waals surface area contributed by atoms with Gasteiger partial charge in [0, 0.05) is 16.7 Å². The third kappa shape index (κ3) is 9.48. The first kappa shape index (κ1) is 30.9. The van der Waals surface area contributed by atoms with Crippen LogP contribution in [0.1, 0.15) is 77.3 Å². The number of carbonyl (C=O) groups is 1. The van der Waals surface area contributed by atoms with Crippen LogP contribution in [0.25, 0.3) is 0 Å². The van der Waals surface area contributed by atoms with E-state index < -0.39 is 5.97 Å². The maximum atomic E-state index is 10.8. The van der Waals surface area contributed by atoms with Crippen molar-refractivity contribution in [2.24, 2.45) is 0 Å². The fraction of sp³-hybridized carbons (Fsp3) is 0.500. The number of hydrogen-bond donors (Lipinski definition) is 2. The SMILES string of the molecule is COc1c(C)c(CC=C(C)CCC=C(C)CCC=C(C)CCC=C(C)C(=O)O)c(O)c(OC)c1OC. The van der Waals surface area contributed by atoms with Gasteiger partial charge >= 0.3 is 5.97 Å². The number of benzene rings is 1. The lowest BCUT2D eigenvalue weighted by molar-refractivity contribution is -0.132. The van der Waals surface area contributed by atoms with Crippen molar-refractivity contribution in [1.29, 1.82) is 0 Å². The van der Waals surface area contributed by atoms with E-state index in [0.29, 0.717) is 23.5 Å². The molecule has 1 aromatic carbocycles. The first-order valence-electron chi connectivity index (χ1n) is 12.4. The lowest BCUT2D eigenvalue weighted by Gasteiger charge is -2.19. The molecule has 1 rings (SSSR count). The van der Waals surface area contributed by atoms with Crippen LogP contribution >= 0.6 is 0 Å². The summed E-state index contributed by atoms with van der Waals surface area (Å²) in [4.78, 5) is 10.8. The zero-order chi connectivity index (χ0) is 27.3. The number of phenols is 1. The molecule has 0 unspecified atom stereocenters. The minimum Gasteiger partial charge on any atom is -0.504 e. The number of carboxylic acid groups (broad SMARTS) is 1. The summed E-state index contributed by atoms with van der Waals surface area (Å²) in [7, 11) is 4.61. The van der Waals surface area contributed by atoms with E-state index >= 15 is 0 Å². The molecule has 6 heteroatoms. The van der Waals surface area contributed by atoms with Gasteiger partial charge in [0.1, 0.15) is 0 Å². The highest BCUT2D eigenvalue weighted by Gasteiger charge is 2.23. The topological polar surface area (TPSA) is 85.2 Å². The van der Waals surface area contributed by atoms with Crippen LogP contribution < -0.4 is 14.2 Å². The summed E-state index contributed by atoms with van der Waals surface area (Å²) in [5.41, 5.74) is 5.93. The Labute approximate surface area is 217 Å². The lowest BCUT2D eigenvalue weighted by Crippen LogP contribution is -2.01. The number of rotatable bonds is 15. The van der Waals surface area contributed by atoms with Crippen LogP contribution in [0.4, 0.5) is 0 Å². The number of aromatic hydroxyl groups is 1. The summed E-state index contributed by atoms with van der Waals surface area (Å²) < 4.78 is 16.3. The standard InChI is InChI=1S/C30H44O6/c1-20(12-9-13-21(2)16-11-17-23(4)30(32)33)14-10-15-22(3)18-19-25-24(5)27(34-6)29(36-8)28(35-7)26(25)31/h13-14,17-18,31H,9-12,15-16,19H2,1-8H3,(H,32,33). The zero-order valence-corrected chi connectivity index (χ0v) is 23.3. The molecule has 0 spiro atoms. The van der Waals surface area contributed by atoms with Gasteiger partial charge in [-0.3, -0.25) is 0 Å². The minimum absolute atomic E-state index is 0.0869. The van der Waals surface area contributed by atoms with Crippen LogP contribution in [-0.4, -0.2) is 37.5 Å². The first-order valence-corrected chi connectivity index (χ1v) is 12.4. The Morgan fingerprint density at radius 2 is 1.17 bits per heavy atom. The van der Waals surface area contributed by atoms with Gasteiger partial charge < -0.3 is 24.4 Å². The van der Waals surface area contributed by atoms with E-state index in [9.17, 15) is 9.90 Å². The highest BCUT2D eigenvalue weighted by molar-refractivity contribution is 5.85. The normalized spacial score (nSPS) is 13.1. The number of allylic oxidation sites excluding steroid dienone is 7. The molecule has 0 aromatic heterocycles. The largest absolute Gasteiger partial charge is 0.504 e. The summed E-state index contributed by atoms with van der Waals surface area (Å²) in [6, 6.07) is 0. The molecule has 200 valence electrons. The van der Waals surface area contributed by atoms with Crippen LogP contribution in [0.3, 0.4) is 0 Å². The van der Waals surface area contributed by atoms with Crippen LogP contribution in [0.5, 0.6) is 23.0 Å². The molecule has 1 aromatic rings.